The number of hydrogen-bond donors (Lipinski definition) is 1. The van der Waals surface area contributed by atoms with E-state index in [1.165, 1.54) is 4.90 Å². The third-order valence-electron chi connectivity index (χ3n) is 4.23. The summed E-state index contributed by atoms with van der Waals surface area (Å²) in [6, 6.07) is 0. The topological polar surface area (TPSA) is 81.2 Å². The van der Waals surface area contributed by atoms with Gasteiger partial charge in [0.05, 0.1) is 0 Å². The molecule has 1 N–H and O–H groups in total. The van der Waals surface area contributed by atoms with E-state index in [2.05, 4.69) is 0 Å². The molecule has 0 bridgehead atoms. The van der Waals surface area contributed by atoms with Gasteiger partial charge in [-0.05, 0) is 26.3 Å². The van der Waals surface area contributed by atoms with E-state index in [9.17, 15) is 14.4 Å². The highest BCUT2D eigenvalue weighted by molar-refractivity contribution is 5.82. The predicted octanol–water partition coefficient (Wildman–Crippen LogP) is -0.136. The Balaban J connectivity index is 1.99. The number of carboxylic acid groups (broad SMARTS) is 1. The molecule has 124 valence electrons. The van der Waals surface area contributed by atoms with E-state index < -0.39 is 5.97 Å². The van der Waals surface area contributed by atoms with Gasteiger partial charge < -0.3 is 19.8 Å². The number of likely N-dealkylation sites (N-methyl/N-ethyl adjacent to an activating group) is 1. The van der Waals surface area contributed by atoms with Crippen LogP contribution in [0, 0.1) is 5.92 Å². The largest absolute Gasteiger partial charge is 0.480 e. The van der Waals surface area contributed by atoms with Crippen molar-refractivity contribution < 1.29 is 19.5 Å². The van der Waals surface area contributed by atoms with Crippen LogP contribution in [0.1, 0.15) is 25.7 Å². The number of amides is 2. The van der Waals surface area contributed by atoms with Crippen molar-refractivity contribution in [1.82, 2.24) is 14.7 Å². The Morgan fingerprint density at radius 3 is 2.50 bits per heavy atom. The van der Waals surface area contributed by atoms with Crippen LogP contribution in [0.2, 0.25) is 0 Å². The van der Waals surface area contributed by atoms with Crippen molar-refractivity contribution in [1.29, 1.82) is 0 Å². The smallest absolute Gasteiger partial charge is 0.323 e. The van der Waals surface area contributed by atoms with Gasteiger partial charge in [-0.1, -0.05) is 0 Å². The molecule has 0 radical (unpaired) electrons. The van der Waals surface area contributed by atoms with Crippen molar-refractivity contribution in [2.45, 2.75) is 25.7 Å². The summed E-state index contributed by atoms with van der Waals surface area (Å²) in [6.07, 6.45) is 2.91. The molecule has 1 aliphatic carbocycles. The molecule has 2 fully saturated rings. The van der Waals surface area contributed by atoms with Gasteiger partial charge in [0, 0.05) is 45.1 Å². The van der Waals surface area contributed by atoms with Gasteiger partial charge in [-0.25, -0.2) is 0 Å². The second-order valence-electron chi connectivity index (χ2n) is 6.22. The highest BCUT2D eigenvalue weighted by Crippen LogP contribution is 2.31. The van der Waals surface area contributed by atoms with E-state index in [-0.39, 0.29) is 24.3 Å². The van der Waals surface area contributed by atoms with Crippen LogP contribution in [-0.4, -0.2) is 83.9 Å². The first-order valence-corrected chi connectivity index (χ1v) is 7.94. The Morgan fingerprint density at radius 2 is 1.86 bits per heavy atom. The van der Waals surface area contributed by atoms with Crippen molar-refractivity contribution in [2.75, 3.05) is 46.3 Å². The molecule has 0 aromatic rings. The highest BCUT2D eigenvalue weighted by Gasteiger charge is 2.33. The molecule has 0 aromatic carbocycles. The van der Waals surface area contributed by atoms with Gasteiger partial charge in [-0.3, -0.25) is 14.4 Å². The fourth-order valence-electron chi connectivity index (χ4n) is 2.68. The highest BCUT2D eigenvalue weighted by atomic mass is 16.4. The fraction of sp³-hybridized carbons (Fsp3) is 0.800. The molecule has 0 aromatic heterocycles. The summed E-state index contributed by atoms with van der Waals surface area (Å²) in [5.74, 6) is -0.727. The molecule has 0 atom stereocenters. The first-order chi connectivity index (χ1) is 10.5. The Morgan fingerprint density at radius 1 is 1.14 bits per heavy atom. The minimum absolute atomic E-state index is 0.129. The molecule has 0 spiro atoms. The number of aliphatic carboxylic acids is 1. The minimum atomic E-state index is -0.998. The maximum absolute atomic E-state index is 12.3. The van der Waals surface area contributed by atoms with Crippen molar-refractivity contribution in [3.63, 3.8) is 0 Å². The van der Waals surface area contributed by atoms with Gasteiger partial charge in [0.2, 0.25) is 11.8 Å². The Hall–Kier alpha value is -1.63. The van der Waals surface area contributed by atoms with Crippen LogP contribution in [0.25, 0.3) is 0 Å². The zero-order chi connectivity index (χ0) is 16.1. The number of hydrogen-bond acceptors (Lipinski definition) is 4. The molecular formula is C15H25N3O4. The lowest BCUT2D eigenvalue weighted by Crippen LogP contribution is -2.39. The summed E-state index contributed by atoms with van der Waals surface area (Å²) in [5.41, 5.74) is 0. The van der Waals surface area contributed by atoms with E-state index in [4.69, 9.17) is 5.11 Å². The van der Waals surface area contributed by atoms with Crippen LogP contribution in [0.15, 0.2) is 0 Å². The van der Waals surface area contributed by atoms with Crippen LogP contribution >= 0.6 is 0 Å². The Bertz CT molecular complexity index is 437. The molecule has 1 saturated carbocycles. The van der Waals surface area contributed by atoms with Crippen molar-refractivity contribution in [2.24, 2.45) is 5.92 Å². The summed E-state index contributed by atoms with van der Waals surface area (Å²) in [4.78, 5) is 40.6. The zero-order valence-electron chi connectivity index (χ0n) is 13.2. The lowest BCUT2D eigenvalue weighted by molar-refractivity contribution is -0.144. The van der Waals surface area contributed by atoms with E-state index in [0.717, 1.165) is 19.4 Å². The maximum atomic E-state index is 12.3. The molecule has 22 heavy (non-hydrogen) atoms. The molecule has 0 unspecified atom stereocenters. The average Bonchev–Trinajstić information content (AvgIpc) is 3.29. The van der Waals surface area contributed by atoms with Crippen LogP contribution in [0.5, 0.6) is 0 Å². The van der Waals surface area contributed by atoms with Crippen molar-refractivity contribution in [3.8, 4) is 0 Å². The van der Waals surface area contributed by atoms with Crippen LogP contribution in [0.4, 0.5) is 0 Å². The lowest BCUT2D eigenvalue weighted by atomic mass is 10.2. The molecule has 1 aliphatic heterocycles. The third kappa shape index (κ3) is 4.98. The number of carbonyl (C=O) groups excluding carboxylic acids is 2. The quantitative estimate of drug-likeness (QED) is 0.785. The molecule has 2 rings (SSSR count). The molecule has 2 aliphatic rings. The summed E-state index contributed by atoms with van der Waals surface area (Å²) in [5, 5.41) is 8.93. The van der Waals surface area contributed by atoms with E-state index in [1.54, 1.807) is 0 Å². The third-order valence-corrected chi connectivity index (χ3v) is 4.23. The zero-order valence-corrected chi connectivity index (χ0v) is 13.2. The summed E-state index contributed by atoms with van der Waals surface area (Å²) in [7, 11) is 1.92. The van der Waals surface area contributed by atoms with Gasteiger partial charge >= 0.3 is 5.97 Å². The maximum Gasteiger partial charge on any atom is 0.323 e. The fourth-order valence-corrected chi connectivity index (χ4v) is 2.68. The monoisotopic (exact) mass is 311 g/mol. The van der Waals surface area contributed by atoms with E-state index >= 15 is 0 Å². The number of nitrogens with zero attached hydrogens (tertiary/aromatic N) is 3. The molecule has 7 heteroatoms. The van der Waals surface area contributed by atoms with Crippen molar-refractivity contribution >= 4 is 17.8 Å². The number of carboxylic acids is 1. The SMILES string of the molecule is CN1CCC(=O)N(CC(=O)O)CCCN(C(=O)C2CC2)CC1. The van der Waals surface area contributed by atoms with Gasteiger partial charge in [0.25, 0.3) is 0 Å². The second kappa shape index (κ2) is 7.58. The van der Waals surface area contributed by atoms with E-state index in [0.29, 0.717) is 39.0 Å². The van der Waals surface area contributed by atoms with Crippen LogP contribution in [-0.2, 0) is 14.4 Å². The van der Waals surface area contributed by atoms with E-state index in [1.807, 2.05) is 16.8 Å². The Kier molecular flexibility index (Phi) is 5.76. The normalized spacial score (nSPS) is 22.3. The predicted molar refractivity (Wildman–Crippen MR) is 80.3 cm³/mol. The molecular weight excluding hydrogens is 286 g/mol. The van der Waals surface area contributed by atoms with Gasteiger partial charge in [-0.2, -0.15) is 0 Å². The van der Waals surface area contributed by atoms with Crippen LogP contribution in [0.3, 0.4) is 0 Å². The first kappa shape index (κ1) is 16.7. The van der Waals surface area contributed by atoms with Gasteiger partial charge in [0.15, 0.2) is 0 Å². The van der Waals surface area contributed by atoms with Crippen LogP contribution < -0.4 is 0 Å². The molecule has 7 nitrogen and oxygen atoms in total. The van der Waals surface area contributed by atoms with Gasteiger partial charge in [-0.15, -0.1) is 0 Å². The van der Waals surface area contributed by atoms with Crippen molar-refractivity contribution in [3.05, 3.63) is 0 Å². The minimum Gasteiger partial charge on any atom is -0.480 e. The number of rotatable bonds is 3. The Labute approximate surface area is 130 Å². The summed E-state index contributed by atoms with van der Waals surface area (Å²) in [6.45, 7) is 2.72. The van der Waals surface area contributed by atoms with Gasteiger partial charge in [0.1, 0.15) is 6.54 Å². The first-order valence-electron chi connectivity index (χ1n) is 7.94. The summed E-state index contributed by atoms with van der Waals surface area (Å²) >= 11 is 0. The lowest BCUT2D eigenvalue weighted by Gasteiger charge is -2.25. The summed E-state index contributed by atoms with van der Waals surface area (Å²) < 4.78 is 0. The molecule has 2 amide bonds. The molecule has 1 heterocycles. The number of carbonyl (C=O) groups is 3. The second-order valence-corrected chi connectivity index (χ2v) is 6.22. The standard InChI is InChI=1S/C15H25N3O4/c1-16-8-5-13(19)18(11-14(20)21)7-2-6-17(10-9-16)15(22)12-3-4-12/h12H,2-11H2,1H3,(H,20,21). The average molecular weight is 311 g/mol. The molecule has 1 saturated heterocycles.